The molecule has 0 spiro atoms. The smallest absolute Gasteiger partial charge is 0.258 e. The van der Waals surface area contributed by atoms with Gasteiger partial charge in [0.2, 0.25) is 0 Å². The molecule has 0 fully saturated rings. The maximum Gasteiger partial charge on any atom is 0.258 e. The Balaban J connectivity index is 1.48. The van der Waals surface area contributed by atoms with Crippen LogP contribution in [0.2, 0.25) is 0 Å². The Labute approximate surface area is 174 Å². The summed E-state index contributed by atoms with van der Waals surface area (Å²) in [5, 5.41) is 2.80. The molecule has 2 amide bonds. The summed E-state index contributed by atoms with van der Waals surface area (Å²) in [6.45, 7) is 0.895. The van der Waals surface area contributed by atoms with Gasteiger partial charge in [0.1, 0.15) is 11.6 Å². The van der Waals surface area contributed by atoms with Crippen LogP contribution in [0, 0.1) is 5.82 Å². The summed E-state index contributed by atoms with van der Waals surface area (Å²) in [5.41, 5.74) is 3.68. The number of methoxy groups -OCH3 is 1. The molecule has 3 aromatic carbocycles. The molecule has 5 nitrogen and oxygen atoms in total. The molecule has 0 saturated heterocycles. The standard InChI is InChI=1S/C24H21FN2O3/c1-30-21-9-7-18(8-10-21)24(29)27-12-11-17-6-5-16(13-22(17)27)15-26-23(28)19-3-2-4-20(25)14-19/h2-10,13-14H,11-12,15H2,1H3,(H,26,28). The van der Waals surface area contributed by atoms with Gasteiger partial charge in [-0.2, -0.15) is 0 Å². The fraction of sp³-hybridized carbons (Fsp3) is 0.167. The molecule has 3 aromatic rings. The van der Waals surface area contributed by atoms with Crippen LogP contribution in [0.1, 0.15) is 31.8 Å². The molecule has 1 aliphatic rings. The van der Waals surface area contributed by atoms with E-state index in [0.29, 0.717) is 17.9 Å². The minimum absolute atomic E-state index is 0.0719. The maximum absolute atomic E-state index is 13.3. The molecule has 6 heteroatoms. The van der Waals surface area contributed by atoms with Crippen LogP contribution in [0.3, 0.4) is 0 Å². The summed E-state index contributed by atoms with van der Waals surface area (Å²) in [6.07, 6.45) is 0.785. The topological polar surface area (TPSA) is 58.6 Å². The maximum atomic E-state index is 13.3. The third-order valence-electron chi connectivity index (χ3n) is 5.17. The normalized spacial score (nSPS) is 12.4. The second-order valence-electron chi connectivity index (χ2n) is 7.09. The monoisotopic (exact) mass is 404 g/mol. The first-order valence-corrected chi connectivity index (χ1v) is 9.66. The van der Waals surface area contributed by atoms with Gasteiger partial charge < -0.3 is 15.0 Å². The molecule has 1 heterocycles. The third kappa shape index (κ3) is 4.03. The number of nitrogens with one attached hydrogen (secondary N) is 1. The summed E-state index contributed by atoms with van der Waals surface area (Å²) in [4.78, 5) is 27.0. The van der Waals surface area contributed by atoms with Crippen LogP contribution < -0.4 is 15.0 Å². The van der Waals surface area contributed by atoms with Gasteiger partial charge in [0, 0.05) is 29.9 Å². The van der Waals surface area contributed by atoms with Crippen molar-refractivity contribution in [1.82, 2.24) is 5.32 Å². The number of fused-ring (bicyclic) bond motifs is 1. The number of halogens is 1. The number of amides is 2. The van der Waals surface area contributed by atoms with Crippen molar-refractivity contribution in [2.75, 3.05) is 18.6 Å². The highest BCUT2D eigenvalue weighted by molar-refractivity contribution is 6.07. The molecule has 4 rings (SSSR count). The van der Waals surface area contributed by atoms with Crippen molar-refractivity contribution in [2.24, 2.45) is 0 Å². The van der Waals surface area contributed by atoms with Gasteiger partial charge >= 0.3 is 0 Å². The predicted octanol–water partition coefficient (Wildman–Crippen LogP) is 3.97. The van der Waals surface area contributed by atoms with Crippen LogP contribution in [0.25, 0.3) is 0 Å². The summed E-state index contributed by atoms with van der Waals surface area (Å²) in [7, 11) is 1.59. The molecule has 0 aliphatic carbocycles. The molecule has 0 bridgehead atoms. The second-order valence-corrected chi connectivity index (χ2v) is 7.09. The average Bonchev–Trinajstić information content (AvgIpc) is 3.20. The quantitative estimate of drug-likeness (QED) is 0.700. The molecule has 0 radical (unpaired) electrons. The van der Waals surface area contributed by atoms with Gasteiger partial charge in [-0.3, -0.25) is 9.59 Å². The number of carbonyl (C=O) groups excluding carboxylic acids is 2. The van der Waals surface area contributed by atoms with E-state index >= 15 is 0 Å². The van der Waals surface area contributed by atoms with Gasteiger partial charge in [-0.1, -0.05) is 18.2 Å². The van der Waals surface area contributed by atoms with Crippen LogP contribution in [-0.4, -0.2) is 25.5 Å². The van der Waals surface area contributed by atoms with Crippen LogP contribution in [0.4, 0.5) is 10.1 Å². The van der Waals surface area contributed by atoms with E-state index in [4.69, 9.17) is 4.74 Å². The molecule has 0 atom stereocenters. The number of nitrogens with zero attached hydrogens (tertiary/aromatic N) is 1. The number of benzene rings is 3. The van der Waals surface area contributed by atoms with Crippen LogP contribution in [0.15, 0.2) is 66.7 Å². The van der Waals surface area contributed by atoms with Crippen molar-refractivity contribution in [3.8, 4) is 5.75 Å². The molecule has 1 aliphatic heterocycles. The lowest BCUT2D eigenvalue weighted by Crippen LogP contribution is -2.29. The number of hydrogen-bond acceptors (Lipinski definition) is 3. The predicted molar refractivity (Wildman–Crippen MR) is 112 cm³/mol. The number of ether oxygens (including phenoxy) is 1. The first kappa shape index (κ1) is 19.6. The lowest BCUT2D eigenvalue weighted by molar-refractivity contribution is 0.0948. The zero-order valence-corrected chi connectivity index (χ0v) is 16.5. The minimum atomic E-state index is -0.451. The van der Waals surface area contributed by atoms with E-state index in [1.54, 1.807) is 42.3 Å². The Morgan fingerprint density at radius 3 is 2.57 bits per heavy atom. The van der Waals surface area contributed by atoms with Crippen LogP contribution in [-0.2, 0) is 13.0 Å². The summed E-state index contributed by atoms with van der Waals surface area (Å²) >= 11 is 0. The summed E-state index contributed by atoms with van der Waals surface area (Å²) in [5.74, 6) is -0.170. The highest BCUT2D eigenvalue weighted by atomic mass is 19.1. The van der Waals surface area contributed by atoms with E-state index in [9.17, 15) is 14.0 Å². The largest absolute Gasteiger partial charge is 0.497 e. The van der Waals surface area contributed by atoms with Gasteiger partial charge in [0.05, 0.1) is 7.11 Å². The van der Waals surface area contributed by atoms with Gasteiger partial charge in [-0.05, 0) is 66.1 Å². The Hall–Kier alpha value is -3.67. The number of hydrogen-bond donors (Lipinski definition) is 1. The highest BCUT2D eigenvalue weighted by Crippen LogP contribution is 2.30. The Kier molecular flexibility index (Phi) is 5.48. The average molecular weight is 404 g/mol. The zero-order chi connectivity index (χ0) is 21.1. The fourth-order valence-electron chi connectivity index (χ4n) is 3.55. The van der Waals surface area contributed by atoms with E-state index in [0.717, 1.165) is 23.2 Å². The number of anilines is 1. The van der Waals surface area contributed by atoms with Crippen molar-refractivity contribution in [2.45, 2.75) is 13.0 Å². The first-order chi connectivity index (χ1) is 14.5. The number of carbonyl (C=O) groups is 2. The highest BCUT2D eigenvalue weighted by Gasteiger charge is 2.26. The minimum Gasteiger partial charge on any atom is -0.497 e. The molecule has 152 valence electrons. The lowest BCUT2D eigenvalue weighted by Gasteiger charge is -2.18. The van der Waals surface area contributed by atoms with E-state index in [-0.39, 0.29) is 23.9 Å². The van der Waals surface area contributed by atoms with Crippen LogP contribution in [0.5, 0.6) is 5.75 Å². The second kappa shape index (κ2) is 8.37. The third-order valence-corrected chi connectivity index (χ3v) is 5.17. The molecule has 0 aromatic heterocycles. The van der Waals surface area contributed by atoms with E-state index in [1.807, 2.05) is 18.2 Å². The van der Waals surface area contributed by atoms with Gasteiger partial charge in [-0.15, -0.1) is 0 Å². The van der Waals surface area contributed by atoms with Crippen molar-refractivity contribution in [1.29, 1.82) is 0 Å². The molecular formula is C24H21FN2O3. The van der Waals surface area contributed by atoms with Crippen molar-refractivity contribution < 1.29 is 18.7 Å². The van der Waals surface area contributed by atoms with Gasteiger partial charge in [0.25, 0.3) is 11.8 Å². The Morgan fingerprint density at radius 1 is 1.03 bits per heavy atom. The van der Waals surface area contributed by atoms with Crippen molar-refractivity contribution in [3.05, 3.63) is 94.8 Å². The molecule has 30 heavy (non-hydrogen) atoms. The summed E-state index contributed by atoms with van der Waals surface area (Å²) in [6, 6.07) is 18.5. The van der Waals surface area contributed by atoms with Crippen molar-refractivity contribution >= 4 is 17.5 Å². The fourth-order valence-corrected chi connectivity index (χ4v) is 3.55. The molecule has 1 N–H and O–H groups in total. The van der Waals surface area contributed by atoms with Gasteiger partial charge in [0.15, 0.2) is 0 Å². The van der Waals surface area contributed by atoms with E-state index in [1.165, 1.54) is 18.2 Å². The van der Waals surface area contributed by atoms with E-state index < -0.39 is 5.82 Å². The Morgan fingerprint density at radius 2 is 1.83 bits per heavy atom. The first-order valence-electron chi connectivity index (χ1n) is 9.66. The van der Waals surface area contributed by atoms with Gasteiger partial charge in [-0.25, -0.2) is 4.39 Å². The SMILES string of the molecule is COc1ccc(C(=O)N2CCc3ccc(CNC(=O)c4cccc(F)c4)cc32)cc1. The van der Waals surface area contributed by atoms with Crippen LogP contribution >= 0.6 is 0 Å². The molecular weight excluding hydrogens is 383 g/mol. The van der Waals surface area contributed by atoms with Crippen molar-refractivity contribution in [3.63, 3.8) is 0 Å². The molecule has 0 saturated carbocycles. The van der Waals surface area contributed by atoms with E-state index in [2.05, 4.69) is 5.32 Å². The molecule has 0 unspecified atom stereocenters. The lowest BCUT2D eigenvalue weighted by atomic mass is 10.1. The number of rotatable bonds is 5. The zero-order valence-electron chi connectivity index (χ0n) is 16.5. The Bertz CT molecular complexity index is 1100. The summed E-state index contributed by atoms with van der Waals surface area (Å²) < 4.78 is 18.5.